The summed E-state index contributed by atoms with van der Waals surface area (Å²) in [7, 11) is 0. The summed E-state index contributed by atoms with van der Waals surface area (Å²) in [6, 6.07) is 27.0. The predicted molar refractivity (Wildman–Crippen MR) is 154 cm³/mol. The maximum Gasteiger partial charge on any atom is 0.225 e. The van der Waals surface area contributed by atoms with Crippen molar-refractivity contribution in [2.45, 2.75) is 31.7 Å². The number of hydrogen-bond acceptors (Lipinski definition) is 3. The summed E-state index contributed by atoms with van der Waals surface area (Å²) in [5, 5.41) is 4.13. The molecule has 200 valence electrons. The molecule has 6 heteroatoms. The molecule has 1 atom stereocenters. The quantitative estimate of drug-likeness (QED) is 0.249. The maximum absolute atomic E-state index is 13.9. The van der Waals surface area contributed by atoms with E-state index in [4.69, 9.17) is 9.47 Å². The second-order valence-electron chi connectivity index (χ2n) is 10.5. The van der Waals surface area contributed by atoms with E-state index in [2.05, 4.69) is 40.3 Å². The van der Waals surface area contributed by atoms with E-state index >= 15 is 0 Å². The molecule has 5 aromatic rings. The number of fused-ring (bicyclic) bond motifs is 1. The molecule has 3 heterocycles. The Kier molecular flexibility index (Phi) is 6.23. The van der Waals surface area contributed by atoms with Crippen molar-refractivity contribution in [2.75, 3.05) is 18.5 Å². The lowest BCUT2D eigenvalue weighted by molar-refractivity contribution is -0.116. The highest BCUT2D eigenvalue weighted by molar-refractivity contribution is 6.06. The second kappa shape index (κ2) is 10.2. The van der Waals surface area contributed by atoms with Crippen LogP contribution in [0.5, 0.6) is 11.5 Å². The van der Waals surface area contributed by atoms with E-state index in [1.54, 1.807) is 12.1 Å². The number of carbonyl (C=O) groups is 1. The SMILES string of the molecule is O=C1C[C@H](c2ccccc2OCCc2ccc3c(c2)CCO3)c2cn(Cc3cccc(F)c3)c3cccc(c23)N1. The number of amides is 1. The van der Waals surface area contributed by atoms with Crippen LogP contribution in [0.4, 0.5) is 10.1 Å². The monoisotopic (exact) mass is 532 g/mol. The molecule has 7 rings (SSSR count). The Hall–Kier alpha value is -4.58. The van der Waals surface area contributed by atoms with Crippen molar-refractivity contribution < 1.29 is 18.7 Å². The van der Waals surface area contributed by atoms with Crippen molar-refractivity contribution in [1.29, 1.82) is 0 Å². The summed E-state index contributed by atoms with van der Waals surface area (Å²) in [4.78, 5) is 13.1. The molecule has 2 aliphatic heterocycles. The zero-order valence-electron chi connectivity index (χ0n) is 22.0. The Balaban J connectivity index is 1.22. The van der Waals surface area contributed by atoms with Crippen LogP contribution in [0.1, 0.15) is 40.2 Å². The molecule has 0 spiro atoms. The first-order valence-corrected chi connectivity index (χ1v) is 13.7. The van der Waals surface area contributed by atoms with Crippen LogP contribution in [-0.4, -0.2) is 23.7 Å². The third-order valence-corrected chi connectivity index (χ3v) is 7.91. The Morgan fingerprint density at radius 1 is 0.950 bits per heavy atom. The van der Waals surface area contributed by atoms with Crippen LogP contribution in [-0.2, 0) is 24.2 Å². The van der Waals surface area contributed by atoms with Crippen LogP contribution in [0.2, 0.25) is 0 Å². The molecule has 0 radical (unpaired) electrons. The fraction of sp³-hybridized carbons (Fsp3) is 0.206. The van der Waals surface area contributed by atoms with E-state index in [1.807, 2.05) is 42.5 Å². The molecule has 0 bridgehead atoms. The molecule has 40 heavy (non-hydrogen) atoms. The maximum atomic E-state index is 13.9. The number of benzene rings is 4. The topological polar surface area (TPSA) is 52.5 Å². The third kappa shape index (κ3) is 4.60. The number of ether oxygens (including phenoxy) is 2. The lowest BCUT2D eigenvalue weighted by Gasteiger charge is -2.19. The van der Waals surface area contributed by atoms with E-state index in [0.29, 0.717) is 19.6 Å². The lowest BCUT2D eigenvalue weighted by Crippen LogP contribution is -2.15. The molecule has 1 N–H and O–H groups in total. The van der Waals surface area contributed by atoms with E-state index in [1.165, 1.54) is 17.2 Å². The summed E-state index contributed by atoms with van der Waals surface area (Å²) >= 11 is 0. The minimum atomic E-state index is -0.250. The van der Waals surface area contributed by atoms with Crippen LogP contribution < -0.4 is 14.8 Å². The van der Waals surface area contributed by atoms with Crippen LogP contribution in [0.15, 0.2) is 91.1 Å². The van der Waals surface area contributed by atoms with Gasteiger partial charge in [0.25, 0.3) is 0 Å². The molecule has 4 aromatic carbocycles. The van der Waals surface area contributed by atoms with E-state index in [-0.39, 0.29) is 17.6 Å². The van der Waals surface area contributed by atoms with Crippen LogP contribution in [0.3, 0.4) is 0 Å². The highest BCUT2D eigenvalue weighted by Gasteiger charge is 2.29. The summed E-state index contributed by atoms with van der Waals surface area (Å²) in [6.45, 7) is 1.81. The van der Waals surface area contributed by atoms with Gasteiger partial charge in [-0.2, -0.15) is 0 Å². The molecule has 5 nitrogen and oxygen atoms in total. The van der Waals surface area contributed by atoms with Gasteiger partial charge < -0.3 is 19.4 Å². The third-order valence-electron chi connectivity index (χ3n) is 7.91. The Bertz CT molecular complexity index is 1740. The van der Waals surface area contributed by atoms with Crippen molar-refractivity contribution in [3.63, 3.8) is 0 Å². The predicted octanol–water partition coefficient (Wildman–Crippen LogP) is 6.86. The number of nitrogens with zero attached hydrogens (tertiary/aromatic N) is 1. The molecule has 0 saturated carbocycles. The summed E-state index contributed by atoms with van der Waals surface area (Å²) in [6.07, 6.45) is 4.15. The highest BCUT2D eigenvalue weighted by atomic mass is 19.1. The fourth-order valence-electron chi connectivity index (χ4n) is 6.06. The average molecular weight is 533 g/mol. The van der Waals surface area contributed by atoms with Crippen molar-refractivity contribution >= 4 is 22.5 Å². The van der Waals surface area contributed by atoms with Crippen molar-refractivity contribution in [3.05, 3.63) is 125 Å². The van der Waals surface area contributed by atoms with E-state index < -0.39 is 0 Å². The zero-order chi connectivity index (χ0) is 27.1. The largest absolute Gasteiger partial charge is 0.493 e. The van der Waals surface area contributed by atoms with E-state index in [9.17, 15) is 9.18 Å². The first-order valence-electron chi connectivity index (χ1n) is 13.7. The van der Waals surface area contributed by atoms with Gasteiger partial charge in [-0.1, -0.05) is 48.5 Å². The Morgan fingerprint density at radius 3 is 2.77 bits per heavy atom. The van der Waals surface area contributed by atoms with Gasteiger partial charge in [0.15, 0.2) is 0 Å². The van der Waals surface area contributed by atoms with Crippen LogP contribution in [0.25, 0.3) is 10.9 Å². The van der Waals surface area contributed by atoms with Crippen molar-refractivity contribution in [2.24, 2.45) is 0 Å². The molecule has 0 unspecified atom stereocenters. The minimum absolute atomic E-state index is 0.0273. The molecular weight excluding hydrogens is 503 g/mol. The number of para-hydroxylation sites is 1. The number of nitrogens with one attached hydrogen (secondary N) is 1. The van der Waals surface area contributed by atoms with Crippen molar-refractivity contribution in [1.82, 2.24) is 4.57 Å². The lowest BCUT2D eigenvalue weighted by atomic mass is 9.88. The summed E-state index contributed by atoms with van der Waals surface area (Å²) in [5.74, 6) is 1.31. The molecular formula is C34H29FN2O3. The first kappa shape index (κ1) is 24.5. The van der Waals surface area contributed by atoms with Crippen molar-refractivity contribution in [3.8, 4) is 11.5 Å². The number of halogens is 1. The van der Waals surface area contributed by atoms with Gasteiger partial charge in [-0.25, -0.2) is 4.39 Å². The Labute approximate surface area is 232 Å². The Morgan fingerprint density at radius 2 is 1.85 bits per heavy atom. The number of aromatic nitrogens is 1. The molecule has 0 fully saturated rings. The number of hydrogen-bond donors (Lipinski definition) is 1. The normalized spacial score (nSPS) is 15.8. The smallest absolute Gasteiger partial charge is 0.225 e. The van der Waals surface area contributed by atoms with Gasteiger partial charge in [-0.05, 0) is 58.7 Å². The highest BCUT2D eigenvalue weighted by Crippen LogP contribution is 2.43. The molecule has 0 saturated heterocycles. The molecule has 1 amide bonds. The van der Waals surface area contributed by atoms with Gasteiger partial charge >= 0.3 is 0 Å². The number of rotatable bonds is 7. The van der Waals surface area contributed by atoms with E-state index in [0.717, 1.165) is 64.2 Å². The molecule has 2 aliphatic rings. The number of anilines is 1. The first-order chi connectivity index (χ1) is 19.6. The fourth-order valence-corrected chi connectivity index (χ4v) is 6.06. The van der Waals surface area contributed by atoms with Crippen LogP contribution >= 0.6 is 0 Å². The number of carbonyl (C=O) groups excluding carboxylic acids is 1. The van der Waals surface area contributed by atoms with Gasteiger partial charge in [0.2, 0.25) is 5.91 Å². The second-order valence-corrected chi connectivity index (χ2v) is 10.5. The van der Waals surface area contributed by atoms with Gasteiger partial charge in [0.1, 0.15) is 17.3 Å². The van der Waals surface area contributed by atoms with Gasteiger partial charge in [0, 0.05) is 48.9 Å². The van der Waals surface area contributed by atoms with Crippen LogP contribution in [0, 0.1) is 5.82 Å². The summed E-state index contributed by atoms with van der Waals surface area (Å²) in [5.41, 5.74) is 7.22. The zero-order valence-corrected chi connectivity index (χ0v) is 22.0. The summed E-state index contributed by atoms with van der Waals surface area (Å²) < 4.78 is 28.1. The van der Waals surface area contributed by atoms with Gasteiger partial charge in [-0.3, -0.25) is 4.79 Å². The van der Waals surface area contributed by atoms with Gasteiger partial charge in [-0.15, -0.1) is 0 Å². The average Bonchev–Trinajstić information content (AvgIpc) is 3.54. The van der Waals surface area contributed by atoms with Gasteiger partial charge in [0.05, 0.1) is 24.4 Å². The molecule has 0 aliphatic carbocycles. The standard InChI is InChI=1S/C34H29FN2O3/c35-25-6-3-5-23(18-25)20-37-21-28-27(19-33(38)36-29-8-4-9-30(37)34(28)29)26-7-1-2-10-32(26)40-15-13-22-11-12-31-24(17-22)14-16-39-31/h1-12,17-18,21,27H,13-16,19-20H2,(H,36,38)/t27-/m1/s1. The molecule has 1 aromatic heterocycles. The minimum Gasteiger partial charge on any atom is -0.493 e.